The molecule has 3 nitrogen and oxygen atoms in total. The largest absolute Gasteiger partial charge is 0.465 e. The molecule has 0 saturated heterocycles. The molecule has 1 rings (SSSR count). The second kappa shape index (κ2) is 6.74. The molecule has 1 aromatic rings. The van der Waals surface area contributed by atoms with Crippen molar-refractivity contribution in [1.29, 1.82) is 0 Å². The van der Waals surface area contributed by atoms with Gasteiger partial charge < -0.3 is 9.47 Å². The first-order chi connectivity index (χ1) is 8.10. The van der Waals surface area contributed by atoms with E-state index in [2.05, 4.69) is 17.4 Å². The van der Waals surface area contributed by atoms with E-state index in [1.165, 1.54) is 7.11 Å². The molecule has 0 aliphatic heterocycles. The van der Waals surface area contributed by atoms with Gasteiger partial charge in [-0.15, -0.1) is 0 Å². The van der Waals surface area contributed by atoms with E-state index in [1.54, 1.807) is 31.4 Å². The Hall–Kier alpha value is -0.910. The van der Waals surface area contributed by atoms with Gasteiger partial charge in [-0.05, 0) is 17.7 Å². The molecule has 0 bridgehead atoms. The van der Waals surface area contributed by atoms with Gasteiger partial charge in [0, 0.05) is 12.0 Å². The third kappa shape index (κ3) is 3.80. The van der Waals surface area contributed by atoms with Gasteiger partial charge in [-0.1, -0.05) is 24.4 Å². The van der Waals surface area contributed by atoms with E-state index in [-0.39, 0.29) is 11.2 Å². The molecule has 5 heteroatoms. The Morgan fingerprint density at radius 3 is 2.29 bits per heavy atom. The maximum Gasteiger partial charge on any atom is 0.337 e. The van der Waals surface area contributed by atoms with Crippen LogP contribution >= 0.6 is 24.8 Å². The maximum atomic E-state index is 11.2. The van der Waals surface area contributed by atoms with E-state index >= 15 is 0 Å². The fourth-order valence-electron chi connectivity index (χ4n) is 1.31. The molecule has 1 aromatic carbocycles. The number of carbonyl (C=O) groups excluding carboxylic acids is 1. The molecule has 1 atom stereocenters. The quantitative estimate of drug-likeness (QED) is 0.385. The van der Waals surface area contributed by atoms with Gasteiger partial charge in [-0.2, -0.15) is 12.6 Å². The number of benzene rings is 1. The van der Waals surface area contributed by atoms with Gasteiger partial charge in [-0.3, -0.25) is 0 Å². The third-order valence-corrected chi connectivity index (χ3v) is 3.32. The molecule has 0 aromatic heterocycles. The van der Waals surface area contributed by atoms with Crippen LogP contribution in [0.4, 0.5) is 0 Å². The maximum absolute atomic E-state index is 11.2. The molecule has 0 amide bonds. The van der Waals surface area contributed by atoms with Crippen molar-refractivity contribution in [3.63, 3.8) is 0 Å². The number of thiol groups is 1. The molecule has 92 valence electrons. The third-order valence-electron chi connectivity index (χ3n) is 2.22. The lowest BCUT2D eigenvalue weighted by Crippen LogP contribution is -2.19. The minimum absolute atomic E-state index is 0.126. The van der Waals surface area contributed by atoms with Crippen molar-refractivity contribution >= 4 is 35.7 Å². The smallest absolute Gasteiger partial charge is 0.337 e. The highest BCUT2D eigenvalue weighted by Gasteiger charge is 2.12. The number of carbonyl (C=O) groups is 1. The minimum Gasteiger partial charge on any atom is -0.465 e. The number of hydrogen-bond donors (Lipinski definition) is 1. The lowest BCUT2D eigenvalue weighted by atomic mass is 10.1. The van der Waals surface area contributed by atoms with Crippen molar-refractivity contribution in [3.05, 3.63) is 35.4 Å². The highest BCUT2D eigenvalue weighted by Crippen LogP contribution is 2.12. The monoisotopic (exact) mass is 270 g/mol. The predicted molar refractivity (Wildman–Crippen MR) is 74.1 cm³/mol. The number of ether oxygens (including phenoxy) is 2. The van der Waals surface area contributed by atoms with Crippen molar-refractivity contribution in [2.75, 3.05) is 20.8 Å². The Morgan fingerprint density at radius 2 is 1.82 bits per heavy atom. The van der Waals surface area contributed by atoms with Crippen LogP contribution in [-0.2, 0) is 9.47 Å². The molecule has 0 aliphatic carbocycles. The fraction of sp³-hybridized carbons (Fsp3) is 0.333. The van der Waals surface area contributed by atoms with E-state index < -0.39 is 0 Å². The van der Waals surface area contributed by atoms with Crippen LogP contribution in [0.15, 0.2) is 24.3 Å². The number of hydrogen-bond acceptors (Lipinski definition) is 5. The lowest BCUT2D eigenvalue weighted by Gasteiger charge is -2.11. The second-order valence-electron chi connectivity index (χ2n) is 3.40. The van der Waals surface area contributed by atoms with Gasteiger partial charge in [0.25, 0.3) is 0 Å². The van der Waals surface area contributed by atoms with Gasteiger partial charge in [0.1, 0.15) is 0 Å². The lowest BCUT2D eigenvalue weighted by molar-refractivity contribution is 0.0601. The van der Waals surface area contributed by atoms with Crippen LogP contribution < -0.4 is 0 Å². The van der Waals surface area contributed by atoms with Gasteiger partial charge in [0.2, 0.25) is 0 Å². The SMILES string of the molecule is COCC(S)C(=S)c1ccc(C(=O)OC)cc1. The Kier molecular flexibility index (Phi) is 5.61. The standard InChI is InChI=1S/C12H14O3S2/c1-14-7-10(16)11(17)8-3-5-9(6-4-8)12(13)15-2/h3-6,10,16H,7H2,1-2H3. The zero-order chi connectivity index (χ0) is 12.8. The molecular weight excluding hydrogens is 256 g/mol. The molecule has 0 aliphatic rings. The zero-order valence-corrected chi connectivity index (χ0v) is 11.4. The first-order valence-electron chi connectivity index (χ1n) is 4.99. The highest BCUT2D eigenvalue weighted by atomic mass is 32.1. The molecular formula is C12H14O3S2. The molecule has 0 radical (unpaired) electrons. The van der Waals surface area contributed by atoms with Gasteiger partial charge in [0.15, 0.2) is 0 Å². The normalized spacial score (nSPS) is 11.9. The summed E-state index contributed by atoms with van der Waals surface area (Å²) < 4.78 is 9.60. The average Bonchev–Trinajstić information content (AvgIpc) is 2.37. The summed E-state index contributed by atoms with van der Waals surface area (Å²) in [7, 11) is 2.95. The Morgan fingerprint density at radius 1 is 1.29 bits per heavy atom. The van der Waals surface area contributed by atoms with Crippen molar-refractivity contribution in [1.82, 2.24) is 0 Å². The fourth-order valence-corrected chi connectivity index (χ4v) is 1.82. The molecule has 0 spiro atoms. The van der Waals surface area contributed by atoms with Gasteiger partial charge >= 0.3 is 5.97 Å². The molecule has 17 heavy (non-hydrogen) atoms. The minimum atomic E-state index is -0.359. The average molecular weight is 270 g/mol. The van der Waals surface area contributed by atoms with Crippen LogP contribution in [0.2, 0.25) is 0 Å². The first-order valence-corrected chi connectivity index (χ1v) is 5.92. The summed E-state index contributed by atoms with van der Waals surface area (Å²) in [6.07, 6.45) is 0. The molecule has 0 saturated carbocycles. The molecule has 0 fully saturated rings. The van der Waals surface area contributed by atoms with Crippen LogP contribution in [0, 0.1) is 0 Å². The van der Waals surface area contributed by atoms with E-state index in [1.807, 2.05) is 0 Å². The summed E-state index contributed by atoms with van der Waals surface area (Å²) in [5, 5.41) is -0.126. The number of rotatable bonds is 5. The second-order valence-corrected chi connectivity index (χ2v) is 4.47. The number of methoxy groups -OCH3 is 2. The Labute approximate surface area is 112 Å². The zero-order valence-electron chi connectivity index (χ0n) is 9.67. The van der Waals surface area contributed by atoms with Crippen molar-refractivity contribution in [2.45, 2.75) is 5.25 Å². The van der Waals surface area contributed by atoms with Crippen LogP contribution in [0.5, 0.6) is 0 Å². The Bertz CT molecular complexity index is 401. The van der Waals surface area contributed by atoms with Gasteiger partial charge in [-0.25, -0.2) is 4.79 Å². The van der Waals surface area contributed by atoms with E-state index in [0.29, 0.717) is 17.0 Å². The van der Waals surface area contributed by atoms with E-state index in [4.69, 9.17) is 17.0 Å². The van der Waals surface area contributed by atoms with Crippen molar-refractivity contribution in [3.8, 4) is 0 Å². The van der Waals surface area contributed by atoms with Crippen LogP contribution in [0.25, 0.3) is 0 Å². The summed E-state index contributed by atoms with van der Waals surface area (Å²) >= 11 is 9.62. The summed E-state index contributed by atoms with van der Waals surface area (Å²) in [6, 6.07) is 6.93. The molecule has 0 heterocycles. The first kappa shape index (κ1) is 14.2. The summed E-state index contributed by atoms with van der Waals surface area (Å²) in [5.41, 5.74) is 1.37. The van der Waals surface area contributed by atoms with Crippen molar-refractivity contribution < 1.29 is 14.3 Å². The molecule has 1 unspecified atom stereocenters. The van der Waals surface area contributed by atoms with Crippen LogP contribution in [-0.4, -0.2) is 36.9 Å². The molecule has 0 N–H and O–H groups in total. The summed E-state index contributed by atoms with van der Waals surface area (Å²) in [6.45, 7) is 0.459. The highest BCUT2D eigenvalue weighted by molar-refractivity contribution is 7.87. The van der Waals surface area contributed by atoms with Crippen LogP contribution in [0.1, 0.15) is 15.9 Å². The number of thiocarbonyl (C=S) groups is 1. The summed E-state index contributed by atoms with van der Waals surface area (Å²) in [4.78, 5) is 11.9. The van der Waals surface area contributed by atoms with Gasteiger partial charge in [0.05, 0.1) is 24.5 Å². The Balaban J connectivity index is 2.80. The van der Waals surface area contributed by atoms with E-state index in [0.717, 1.165) is 5.56 Å². The predicted octanol–water partition coefficient (Wildman–Crippen LogP) is 2.14. The van der Waals surface area contributed by atoms with Crippen molar-refractivity contribution in [2.24, 2.45) is 0 Å². The topological polar surface area (TPSA) is 35.5 Å². The van der Waals surface area contributed by atoms with E-state index in [9.17, 15) is 4.79 Å². The number of esters is 1. The summed E-state index contributed by atoms with van der Waals surface area (Å²) in [5.74, 6) is -0.359. The van der Waals surface area contributed by atoms with Crippen LogP contribution in [0.3, 0.4) is 0 Å².